The molecule has 11 heavy (non-hydrogen) atoms. The molecule has 0 radical (unpaired) electrons. The van der Waals surface area contributed by atoms with Gasteiger partial charge in [-0.15, -0.1) is 0 Å². The summed E-state index contributed by atoms with van der Waals surface area (Å²) < 4.78 is 0. The molecule has 0 aliphatic rings. The average molecular weight is 281 g/mol. The molecule has 0 spiro atoms. The van der Waals surface area contributed by atoms with Gasteiger partial charge in [-0.3, -0.25) is 0 Å². The molecule has 0 fully saturated rings. The van der Waals surface area contributed by atoms with Gasteiger partial charge in [-0.2, -0.15) is 0 Å². The minimum Gasteiger partial charge on any atom is -0.584 e. The topological polar surface area (TPSA) is 124 Å². The van der Waals surface area contributed by atoms with Crippen molar-refractivity contribution in [3.63, 3.8) is 0 Å². The second-order valence-corrected chi connectivity index (χ2v) is 1.86. The summed E-state index contributed by atoms with van der Waals surface area (Å²) in [6, 6.07) is 0. The molecule has 0 heterocycles. The predicted octanol–water partition coefficient (Wildman–Crippen LogP) is -0.429. The third kappa shape index (κ3) is 40.5. The monoisotopic (exact) mass is 282 g/mol. The van der Waals surface area contributed by atoms with E-state index >= 15 is 0 Å². The van der Waals surface area contributed by atoms with Crippen LogP contribution in [0, 0.1) is 0 Å². The summed E-state index contributed by atoms with van der Waals surface area (Å²) in [7, 11) is 0. The van der Waals surface area contributed by atoms with E-state index in [-0.39, 0.29) is 29.7 Å². The summed E-state index contributed by atoms with van der Waals surface area (Å²) in [5, 5.41) is 0.00926. The average Bonchev–Trinajstić information content (AvgIpc) is 1.89. The Morgan fingerprint density at radius 2 is 1.09 bits per heavy atom. The Balaban J connectivity index is -0.000000107. The van der Waals surface area contributed by atoms with Crippen molar-refractivity contribution in [2.24, 2.45) is 11.5 Å². The quantitative estimate of drug-likeness (QED) is 0.271. The van der Waals surface area contributed by atoms with Crippen LogP contribution in [-0.2, 0) is 19.5 Å². The molecule has 0 amide bonds. The van der Waals surface area contributed by atoms with E-state index in [0.717, 1.165) is 0 Å². The number of thiocarbonyl (C=S) groups is 2. The van der Waals surface area contributed by atoms with Crippen LogP contribution in [0.2, 0.25) is 0 Å². The van der Waals surface area contributed by atoms with Gasteiger partial charge in [0.25, 0.3) is 0 Å². The molecule has 8 N–H and O–H groups in total. The fraction of sp³-hybridized carbons (Fsp3) is 0. The van der Waals surface area contributed by atoms with Gasteiger partial charge in [-0.25, -0.2) is 0 Å². The van der Waals surface area contributed by atoms with Crippen molar-refractivity contribution in [3.05, 3.63) is 11.7 Å². The molecule has 0 saturated carbocycles. The molecular weight excluding hydrogens is 273 g/mol. The number of hydrogen-bond acceptors (Lipinski definition) is 2. The first kappa shape index (κ1) is 17.1. The number of nitrogens with one attached hydrogen (secondary N) is 4. The normalized spacial score (nSPS) is 6.00. The molecule has 0 aliphatic carbocycles. The van der Waals surface area contributed by atoms with Crippen LogP contribution in [0.5, 0.6) is 0 Å². The van der Waals surface area contributed by atoms with Crippen molar-refractivity contribution in [2.45, 2.75) is 0 Å². The summed E-state index contributed by atoms with van der Waals surface area (Å²) in [5.74, 6) is 12.3. The smallest absolute Gasteiger partial charge is 0.584 e. The van der Waals surface area contributed by atoms with Crippen LogP contribution in [0.15, 0.2) is 0 Å². The molecule has 0 aromatic rings. The Kier molecular flexibility index (Phi) is 19.6. The molecule has 9 heteroatoms. The second kappa shape index (κ2) is 12.6. The molecule has 66 valence electrons. The van der Waals surface area contributed by atoms with Gasteiger partial charge < -0.3 is 34.0 Å². The maximum Gasteiger partial charge on any atom is 2.00 e. The Morgan fingerprint density at radius 3 is 1.09 bits per heavy atom. The van der Waals surface area contributed by atoms with Crippen molar-refractivity contribution in [1.29, 1.82) is 0 Å². The first-order valence-corrected chi connectivity index (χ1v) is 2.80. The molecule has 0 rings (SSSR count). The molecular formula is C2H8N6RuS2. The molecule has 0 aromatic heterocycles. The third-order valence-corrected chi connectivity index (χ3v) is 0.451. The molecule has 0 bridgehead atoms. The van der Waals surface area contributed by atoms with Crippen molar-refractivity contribution < 1.29 is 19.5 Å². The van der Waals surface area contributed by atoms with Crippen molar-refractivity contribution in [1.82, 2.24) is 10.9 Å². The fourth-order valence-electron chi connectivity index (χ4n) is 0. The summed E-state index contributed by atoms with van der Waals surface area (Å²) in [4.78, 5) is 0. The van der Waals surface area contributed by atoms with Crippen LogP contribution in [0.1, 0.15) is 0 Å². The summed E-state index contributed by atoms with van der Waals surface area (Å²) >= 11 is 8.35. The van der Waals surface area contributed by atoms with E-state index in [2.05, 4.69) is 24.4 Å². The van der Waals surface area contributed by atoms with E-state index in [1.165, 1.54) is 0 Å². The van der Waals surface area contributed by atoms with E-state index in [0.29, 0.717) is 0 Å². The van der Waals surface area contributed by atoms with Crippen LogP contribution < -0.4 is 22.3 Å². The Morgan fingerprint density at radius 1 is 1.00 bits per heavy atom. The number of rotatable bonds is 0. The van der Waals surface area contributed by atoms with Crippen LogP contribution in [-0.4, -0.2) is 10.2 Å². The zero-order valence-corrected chi connectivity index (χ0v) is 8.70. The standard InChI is InChI=1S/2CH4N3S.Ru/c2*2-1(5)4-3;/h2*3H,(H3,2,4,5);/q2*-1;+2. The molecule has 0 aliphatic heterocycles. The maximum absolute atomic E-state index is 6.14. The Bertz CT molecular complexity index is 103. The summed E-state index contributed by atoms with van der Waals surface area (Å²) in [5.41, 5.74) is 13.0. The van der Waals surface area contributed by atoms with Crippen LogP contribution in [0.3, 0.4) is 0 Å². The van der Waals surface area contributed by atoms with Gasteiger partial charge in [0.05, 0.1) is 0 Å². The zero-order valence-electron chi connectivity index (χ0n) is 5.32. The van der Waals surface area contributed by atoms with Gasteiger partial charge in [0.1, 0.15) is 10.2 Å². The van der Waals surface area contributed by atoms with Crippen molar-refractivity contribution in [3.8, 4) is 0 Å². The van der Waals surface area contributed by atoms with E-state index in [4.69, 9.17) is 23.2 Å². The third-order valence-electron chi connectivity index (χ3n) is 0.246. The number of hydrogen-bond donors (Lipinski definition) is 4. The van der Waals surface area contributed by atoms with E-state index in [1.807, 2.05) is 0 Å². The van der Waals surface area contributed by atoms with Gasteiger partial charge >= 0.3 is 19.5 Å². The molecule has 0 aromatic carbocycles. The van der Waals surface area contributed by atoms with E-state index < -0.39 is 0 Å². The fourth-order valence-corrected chi connectivity index (χ4v) is 0. The summed E-state index contributed by atoms with van der Waals surface area (Å²) in [6.45, 7) is 0. The zero-order chi connectivity index (χ0) is 8.57. The van der Waals surface area contributed by atoms with Crippen LogP contribution >= 0.6 is 24.4 Å². The minimum absolute atomic E-state index is 0. The van der Waals surface area contributed by atoms with Gasteiger partial charge in [0, 0.05) is 0 Å². The molecule has 6 nitrogen and oxygen atoms in total. The van der Waals surface area contributed by atoms with Gasteiger partial charge in [0.2, 0.25) is 0 Å². The molecule has 0 atom stereocenters. The first-order chi connectivity index (χ1) is 4.54. The Labute approximate surface area is 88.1 Å². The van der Waals surface area contributed by atoms with Crippen LogP contribution in [0.4, 0.5) is 0 Å². The minimum atomic E-state index is 0. The van der Waals surface area contributed by atoms with Gasteiger partial charge in [-0.1, -0.05) is 0 Å². The first-order valence-electron chi connectivity index (χ1n) is 1.99. The largest absolute Gasteiger partial charge is 2.00 e. The van der Waals surface area contributed by atoms with E-state index in [1.54, 1.807) is 10.9 Å². The van der Waals surface area contributed by atoms with Gasteiger partial charge in [0.15, 0.2) is 0 Å². The predicted molar refractivity (Wildman–Crippen MR) is 48.5 cm³/mol. The van der Waals surface area contributed by atoms with Gasteiger partial charge in [-0.05, 0) is 24.4 Å². The van der Waals surface area contributed by atoms with Crippen molar-refractivity contribution >= 4 is 34.7 Å². The molecule has 0 unspecified atom stereocenters. The maximum atomic E-state index is 6.14. The van der Waals surface area contributed by atoms with Crippen LogP contribution in [0.25, 0.3) is 11.7 Å². The van der Waals surface area contributed by atoms with Crippen molar-refractivity contribution in [2.75, 3.05) is 0 Å². The molecule has 0 saturated heterocycles. The number of nitrogens with two attached hydrogens (primary N) is 2. The van der Waals surface area contributed by atoms with E-state index in [9.17, 15) is 0 Å². The summed E-state index contributed by atoms with van der Waals surface area (Å²) in [6.07, 6.45) is 0. The Hall–Kier alpha value is -0.0766. The SMILES string of the molecule is [NH-]NC(N)=S.[NH-]NC(N)=S.[Ru+2]. The second-order valence-electron chi connectivity index (χ2n) is 0.979.